The molecule has 0 bridgehead atoms. The Bertz CT molecular complexity index is 977. The van der Waals surface area contributed by atoms with Gasteiger partial charge in [-0.2, -0.15) is 0 Å². The lowest BCUT2D eigenvalue weighted by Gasteiger charge is -2.36. The average molecular weight is 391 g/mol. The molecule has 0 spiro atoms. The van der Waals surface area contributed by atoms with Crippen molar-refractivity contribution in [1.82, 2.24) is 0 Å². The molecule has 0 radical (unpaired) electrons. The third-order valence-corrected chi connectivity index (χ3v) is 5.37. The van der Waals surface area contributed by atoms with Gasteiger partial charge in [0.05, 0.1) is 7.11 Å². The van der Waals surface area contributed by atoms with Gasteiger partial charge in [0.25, 0.3) is 0 Å². The van der Waals surface area contributed by atoms with Crippen LogP contribution in [0.5, 0.6) is 5.75 Å². The SMILES string of the molecule is C=C(C(C)=O)[C@@H](c1cccc(OC)c1)[C@]1(C(C)C)N=C(c2ccccc2)OC1=O. The maximum absolute atomic E-state index is 13.3. The van der Waals surface area contributed by atoms with E-state index in [4.69, 9.17) is 14.5 Å². The zero-order valence-corrected chi connectivity index (χ0v) is 17.1. The summed E-state index contributed by atoms with van der Waals surface area (Å²) < 4.78 is 11.0. The second kappa shape index (κ2) is 8.03. The molecular formula is C24H25NO4. The molecule has 0 fully saturated rings. The Morgan fingerprint density at radius 1 is 1.14 bits per heavy atom. The third kappa shape index (κ3) is 3.60. The molecule has 0 aliphatic carbocycles. The molecule has 1 aliphatic heterocycles. The number of hydrogen-bond acceptors (Lipinski definition) is 5. The van der Waals surface area contributed by atoms with E-state index in [1.807, 2.05) is 68.4 Å². The molecular weight excluding hydrogens is 366 g/mol. The quantitative estimate of drug-likeness (QED) is 0.521. The predicted molar refractivity (Wildman–Crippen MR) is 112 cm³/mol. The normalized spacial score (nSPS) is 19.5. The van der Waals surface area contributed by atoms with Gasteiger partial charge in [0.15, 0.2) is 11.3 Å². The molecule has 3 rings (SSSR count). The maximum Gasteiger partial charge on any atom is 0.342 e. The van der Waals surface area contributed by atoms with Gasteiger partial charge in [-0.15, -0.1) is 0 Å². The van der Waals surface area contributed by atoms with Crippen molar-refractivity contribution < 1.29 is 19.1 Å². The van der Waals surface area contributed by atoms with Crippen molar-refractivity contribution >= 4 is 17.7 Å². The largest absolute Gasteiger partial charge is 0.497 e. The Morgan fingerprint density at radius 2 is 1.83 bits per heavy atom. The fourth-order valence-electron chi connectivity index (χ4n) is 3.74. The summed E-state index contributed by atoms with van der Waals surface area (Å²) in [6.45, 7) is 9.28. The van der Waals surface area contributed by atoms with E-state index in [1.165, 1.54) is 6.92 Å². The topological polar surface area (TPSA) is 65.0 Å². The minimum atomic E-state index is -1.31. The number of carbonyl (C=O) groups excluding carboxylic acids is 2. The number of ketones is 1. The van der Waals surface area contributed by atoms with Crippen LogP contribution >= 0.6 is 0 Å². The number of rotatable bonds is 7. The summed E-state index contributed by atoms with van der Waals surface area (Å²) in [7, 11) is 1.57. The van der Waals surface area contributed by atoms with Crippen molar-refractivity contribution in [2.45, 2.75) is 32.2 Å². The molecule has 0 aromatic heterocycles. The standard InChI is InChI=1S/C24H25NO4/c1-15(2)24(23(27)29-22(25-24)18-10-7-6-8-11-18)21(16(3)17(4)26)19-12-9-13-20(14-19)28-5/h6-15,21H,3H2,1-2,4-5H3/t21-,24-/m0/s1. The summed E-state index contributed by atoms with van der Waals surface area (Å²) >= 11 is 0. The van der Waals surface area contributed by atoms with E-state index in [2.05, 4.69) is 6.58 Å². The van der Waals surface area contributed by atoms with E-state index in [9.17, 15) is 9.59 Å². The molecule has 2 atom stereocenters. The first-order valence-electron chi connectivity index (χ1n) is 9.52. The molecule has 5 nitrogen and oxygen atoms in total. The van der Waals surface area contributed by atoms with Gasteiger partial charge in [0, 0.05) is 11.5 Å². The molecule has 29 heavy (non-hydrogen) atoms. The highest BCUT2D eigenvalue weighted by Crippen LogP contribution is 2.46. The van der Waals surface area contributed by atoms with E-state index in [1.54, 1.807) is 7.11 Å². The highest BCUT2D eigenvalue weighted by Gasteiger charge is 2.56. The molecule has 2 aromatic carbocycles. The smallest absolute Gasteiger partial charge is 0.342 e. The lowest BCUT2D eigenvalue weighted by Crippen LogP contribution is -2.46. The monoisotopic (exact) mass is 391 g/mol. The van der Waals surface area contributed by atoms with Crippen LogP contribution < -0.4 is 4.74 Å². The third-order valence-electron chi connectivity index (χ3n) is 5.37. The van der Waals surface area contributed by atoms with Gasteiger partial charge in [-0.1, -0.05) is 50.8 Å². The average Bonchev–Trinajstić information content (AvgIpc) is 3.07. The minimum absolute atomic E-state index is 0.200. The van der Waals surface area contributed by atoms with Gasteiger partial charge >= 0.3 is 5.97 Å². The molecule has 0 amide bonds. The Labute approximate surface area is 171 Å². The fraction of sp³-hybridized carbons (Fsp3) is 0.292. The highest BCUT2D eigenvalue weighted by molar-refractivity contribution is 6.09. The summed E-state index contributed by atoms with van der Waals surface area (Å²) in [5.74, 6) is -0.724. The zero-order valence-electron chi connectivity index (χ0n) is 17.1. The molecule has 0 unspecified atom stereocenters. The van der Waals surface area contributed by atoms with E-state index in [0.29, 0.717) is 16.9 Å². The van der Waals surface area contributed by atoms with Crippen molar-refractivity contribution in [3.05, 3.63) is 77.9 Å². The molecule has 0 N–H and O–H groups in total. The summed E-state index contributed by atoms with van der Waals surface area (Å²) in [5.41, 5.74) is 0.441. The summed E-state index contributed by atoms with van der Waals surface area (Å²) in [5, 5.41) is 0. The fourth-order valence-corrected chi connectivity index (χ4v) is 3.74. The van der Waals surface area contributed by atoms with Gasteiger partial charge in [0.1, 0.15) is 5.75 Å². The number of carbonyl (C=O) groups is 2. The Balaban J connectivity index is 2.24. The number of hydrogen-bond donors (Lipinski definition) is 0. The summed E-state index contributed by atoms with van der Waals surface area (Å²) in [6.07, 6.45) is 0. The maximum atomic E-state index is 13.3. The van der Waals surface area contributed by atoms with Crippen molar-refractivity contribution in [2.75, 3.05) is 7.11 Å². The second-order valence-corrected chi connectivity index (χ2v) is 7.44. The highest BCUT2D eigenvalue weighted by atomic mass is 16.6. The predicted octanol–water partition coefficient (Wildman–Crippen LogP) is 4.32. The minimum Gasteiger partial charge on any atom is -0.497 e. The van der Waals surface area contributed by atoms with Gasteiger partial charge in [-0.05, 0) is 48.2 Å². The van der Waals surface area contributed by atoms with Gasteiger partial charge < -0.3 is 9.47 Å². The molecule has 0 saturated heterocycles. The van der Waals surface area contributed by atoms with E-state index in [0.717, 1.165) is 5.56 Å². The molecule has 2 aromatic rings. The number of ether oxygens (including phenoxy) is 2. The van der Waals surface area contributed by atoms with Gasteiger partial charge in [0.2, 0.25) is 5.90 Å². The number of methoxy groups -OCH3 is 1. The van der Waals surface area contributed by atoms with E-state index < -0.39 is 17.4 Å². The van der Waals surface area contributed by atoms with Crippen molar-refractivity contribution in [3.63, 3.8) is 0 Å². The van der Waals surface area contributed by atoms with Gasteiger partial charge in [-0.25, -0.2) is 9.79 Å². The van der Waals surface area contributed by atoms with E-state index >= 15 is 0 Å². The molecule has 1 aliphatic rings. The first-order valence-corrected chi connectivity index (χ1v) is 9.52. The Morgan fingerprint density at radius 3 is 2.41 bits per heavy atom. The first kappa shape index (κ1) is 20.5. The lowest BCUT2D eigenvalue weighted by atomic mass is 9.69. The van der Waals surface area contributed by atoms with Crippen molar-refractivity contribution in [1.29, 1.82) is 0 Å². The van der Waals surface area contributed by atoms with Crippen LogP contribution in [0, 0.1) is 5.92 Å². The van der Waals surface area contributed by atoms with Crippen LogP contribution in [0.4, 0.5) is 0 Å². The Kier molecular flexibility index (Phi) is 5.69. The van der Waals surface area contributed by atoms with Crippen LogP contribution in [-0.2, 0) is 14.3 Å². The molecule has 0 saturated carbocycles. The van der Waals surface area contributed by atoms with E-state index in [-0.39, 0.29) is 17.6 Å². The molecule has 5 heteroatoms. The van der Waals surface area contributed by atoms with Crippen LogP contribution in [0.2, 0.25) is 0 Å². The van der Waals surface area contributed by atoms with Crippen LogP contribution in [0.15, 0.2) is 71.7 Å². The number of benzene rings is 2. The molecule has 150 valence electrons. The number of esters is 1. The van der Waals surface area contributed by atoms with Crippen LogP contribution in [-0.4, -0.2) is 30.3 Å². The van der Waals surface area contributed by atoms with Crippen LogP contribution in [0.25, 0.3) is 0 Å². The van der Waals surface area contributed by atoms with Crippen LogP contribution in [0.3, 0.4) is 0 Å². The number of Topliss-reactive ketones (excluding diaryl/α,β-unsaturated/α-hetero) is 1. The lowest BCUT2D eigenvalue weighted by molar-refractivity contribution is -0.141. The van der Waals surface area contributed by atoms with Crippen LogP contribution in [0.1, 0.15) is 37.8 Å². The van der Waals surface area contributed by atoms with Gasteiger partial charge in [-0.3, -0.25) is 4.79 Å². The van der Waals surface area contributed by atoms with Crippen molar-refractivity contribution in [2.24, 2.45) is 10.9 Å². The molecule has 1 heterocycles. The summed E-state index contributed by atoms with van der Waals surface area (Å²) in [4.78, 5) is 30.5. The van der Waals surface area contributed by atoms with Crippen molar-refractivity contribution in [3.8, 4) is 5.75 Å². The number of cyclic esters (lactones) is 1. The number of aliphatic imine (C=N–C) groups is 1. The number of nitrogens with zero attached hydrogens (tertiary/aromatic N) is 1. The zero-order chi connectivity index (χ0) is 21.2. The summed E-state index contributed by atoms with van der Waals surface area (Å²) in [6, 6.07) is 16.6. The Hall–Kier alpha value is -3.21. The second-order valence-electron chi connectivity index (χ2n) is 7.44. The first-order chi connectivity index (χ1) is 13.8.